The van der Waals surface area contributed by atoms with E-state index in [1.54, 1.807) is 0 Å². The van der Waals surface area contributed by atoms with Crippen molar-refractivity contribution in [3.8, 4) is 45.4 Å². The topological polar surface area (TPSA) is 64.7 Å². The maximum absolute atomic E-state index is 6.28. The van der Waals surface area contributed by atoms with Gasteiger partial charge >= 0.3 is 0 Å². The maximum atomic E-state index is 6.28. The lowest BCUT2D eigenvalue weighted by Crippen LogP contribution is -2.17. The number of aromatic nitrogens is 4. The summed E-state index contributed by atoms with van der Waals surface area (Å²) in [6.45, 7) is 4.47. The average Bonchev–Trinajstić information content (AvgIpc) is 3.61. The zero-order valence-electron chi connectivity index (χ0n) is 26.4. The minimum absolute atomic E-state index is 0.347. The van der Waals surface area contributed by atoms with Crippen molar-refractivity contribution >= 4 is 43.5 Å². The molecule has 1 aliphatic carbocycles. The van der Waals surface area contributed by atoms with Crippen molar-refractivity contribution in [1.29, 1.82) is 0 Å². The molecule has 0 saturated carbocycles. The van der Waals surface area contributed by atoms with Crippen molar-refractivity contribution in [3.05, 3.63) is 145 Å². The highest BCUT2D eigenvalue weighted by Gasteiger charge is 2.38. The van der Waals surface area contributed by atoms with Crippen LogP contribution in [-0.2, 0) is 5.41 Å². The van der Waals surface area contributed by atoms with Crippen molar-refractivity contribution < 1.29 is 4.42 Å². The van der Waals surface area contributed by atoms with Gasteiger partial charge in [0.15, 0.2) is 17.5 Å². The number of rotatable bonds is 3. The van der Waals surface area contributed by atoms with E-state index in [1.165, 1.54) is 21.9 Å². The van der Waals surface area contributed by atoms with E-state index in [-0.39, 0.29) is 5.41 Å². The van der Waals surface area contributed by atoms with Gasteiger partial charge in [-0.05, 0) is 63.0 Å². The number of benzene rings is 6. The summed E-state index contributed by atoms with van der Waals surface area (Å²) in [5.41, 5.74) is 8.60. The fraction of sp³-hybridized carbons (Fsp3) is 0.0698. The molecular formula is C43H28N4O. The maximum Gasteiger partial charge on any atom is 0.182 e. The van der Waals surface area contributed by atoms with E-state index in [0.717, 1.165) is 60.8 Å². The monoisotopic (exact) mass is 616 g/mol. The highest BCUT2D eigenvalue weighted by atomic mass is 16.3. The summed E-state index contributed by atoms with van der Waals surface area (Å²) in [4.78, 5) is 20.6. The van der Waals surface area contributed by atoms with E-state index in [0.29, 0.717) is 17.5 Å². The van der Waals surface area contributed by atoms with Crippen LogP contribution in [0, 0.1) is 0 Å². The largest absolute Gasteiger partial charge is 0.456 e. The Hall–Kier alpha value is -6.20. The lowest BCUT2D eigenvalue weighted by Gasteiger charge is -2.20. The van der Waals surface area contributed by atoms with Gasteiger partial charge in [0, 0.05) is 32.9 Å². The molecule has 48 heavy (non-hydrogen) atoms. The molecule has 0 N–H and O–H groups in total. The molecule has 0 fully saturated rings. The zero-order valence-corrected chi connectivity index (χ0v) is 26.4. The Bertz CT molecular complexity index is 2760. The van der Waals surface area contributed by atoms with Crippen LogP contribution in [0.1, 0.15) is 25.1 Å². The van der Waals surface area contributed by atoms with E-state index in [1.807, 2.05) is 48.5 Å². The third-order valence-electron chi connectivity index (χ3n) is 9.87. The van der Waals surface area contributed by atoms with Crippen LogP contribution in [0.4, 0.5) is 0 Å². The molecule has 0 amide bonds. The highest BCUT2D eigenvalue weighted by molar-refractivity contribution is 6.13. The van der Waals surface area contributed by atoms with Crippen molar-refractivity contribution in [3.63, 3.8) is 0 Å². The van der Waals surface area contributed by atoms with Crippen LogP contribution in [0.5, 0.6) is 0 Å². The van der Waals surface area contributed by atoms with Crippen molar-refractivity contribution in [2.45, 2.75) is 19.3 Å². The number of para-hydroxylation sites is 1. The third-order valence-corrected chi connectivity index (χ3v) is 9.87. The second kappa shape index (κ2) is 9.90. The zero-order chi connectivity index (χ0) is 32.0. The molecule has 0 aliphatic heterocycles. The van der Waals surface area contributed by atoms with Gasteiger partial charge in [-0.2, -0.15) is 0 Å². The van der Waals surface area contributed by atoms with Gasteiger partial charge in [0.05, 0.1) is 5.69 Å². The normalized spacial score (nSPS) is 13.4. The molecule has 3 aromatic heterocycles. The van der Waals surface area contributed by atoms with E-state index in [9.17, 15) is 0 Å². The van der Waals surface area contributed by atoms with Crippen LogP contribution >= 0.6 is 0 Å². The Kier molecular flexibility index (Phi) is 5.56. The molecule has 1 aliphatic rings. The lowest BCUT2D eigenvalue weighted by molar-refractivity contribution is 0.631. The number of fused-ring (bicyclic) bond motifs is 9. The molecule has 0 saturated heterocycles. The Morgan fingerprint density at radius 2 is 1.15 bits per heavy atom. The summed E-state index contributed by atoms with van der Waals surface area (Å²) >= 11 is 0. The molecular weight excluding hydrogens is 589 g/mol. The number of pyridine rings is 1. The van der Waals surface area contributed by atoms with Gasteiger partial charge in [-0.1, -0.05) is 117 Å². The van der Waals surface area contributed by atoms with E-state index < -0.39 is 0 Å². The number of nitrogens with zero attached hydrogens (tertiary/aromatic N) is 4. The fourth-order valence-corrected chi connectivity index (χ4v) is 7.48. The molecule has 226 valence electrons. The summed E-state index contributed by atoms with van der Waals surface area (Å²) < 4.78 is 6.28. The van der Waals surface area contributed by atoms with Gasteiger partial charge < -0.3 is 4.42 Å². The molecule has 0 spiro atoms. The van der Waals surface area contributed by atoms with Gasteiger partial charge in [0.25, 0.3) is 0 Å². The van der Waals surface area contributed by atoms with Crippen molar-refractivity contribution in [2.75, 3.05) is 0 Å². The first-order chi connectivity index (χ1) is 23.5. The van der Waals surface area contributed by atoms with Crippen LogP contribution in [0.2, 0.25) is 0 Å². The second-order valence-corrected chi connectivity index (χ2v) is 13.1. The minimum atomic E-state index is -0.347. The number of furan rings is 1. The Labute approximate surface area is 276 Å². The second-order valence-electron chi connectivity index (χ2n) is 13.1. The first-order valence-electron chi connectivity index (χ1n) is 16.2. The quantitative estimate of drug-likeness (QED) is 0.185. The fourth-order valence-electron chi connectivity index (χ4n) is 7.48. The molecule has 10 rings (SSSR count). The molecule has 9 aromatic rings. The summed E-state index contributed by atoms with van der Waals surface area (Å²) in [6, 6.07) is 46.2. The molecule has 0 radical (unpaired) electrons. The van der Waals surface area contributed by atoms with Crippen LogP contribution < -0.4 is 0 Å². The Balaban J connectivity index is 1.18. The summed E-state index contributed by atoms with van der Waals surface area (Å²) in [6.07, 6.45) is 0. The van der Waals surface area contributed by atoms with Gasteiger partial charge in [-0.25, -0.2) is 19.9 Å². The standard InChI is InChI=1S/C43H28N4O/c1-43(2)35-24-38-33(30-18-10-11-19-37(30)48-38)23-32(35)31-20-21-36(44-39(31)43)42-46-40(25-12-4-3-5-13-25)45-41(47-42)34-22-26-14-6-7-15-27(26)28-16-8-9-17-29(28)34/h3-24H,1-2H3. The lowest BCUT2D eigenvalue weighted by atomic mass is 9.85. The first-order valence-corrected chi connectivity index (χ1v) is 16.2. The number of hydrogen-bond donors (Lipinski definition) is 0. The van der Waals surface area contributed by atoms with Crippen molar-refractivity contribution in [2.24, 2.45) is 0 Å². The molecule has 0 unspecified atom stereocenters. The highest BCUT2D eigenvalue weighted by Crippen LogP contribution is 2.50. The summed E-state index contributed by atoms with van der Waals surface area (Å²) in [5.74, 6) is 1.79. The van der Waals surface area contributed by atoms with Crippen LogP contribution in [0.15, 0.2) is 138 Å². The SMILES string of the molecule is CC1(C)c2cc3oc4ccccc4c3cc2-c2ccc(-c3nc(-c4ccccc4)nc(-c4cc5ccccc5c5ccccc45)n3)nc21. The van der Waals surface area contributed by atoms with Gasteiger partial charge in [-0.3, -0.25) is 0 Å². The molecule has 6 aromatic carbocycles. The van der Waals surface area contributed by atoms with E-state index >= 15 is 0 Å². The Morgan fingerprint density at radius 3 is 2.00 bits per heavy atom. The van der Waals surface area contributed by atoms with E-state index in [2.05, 4.69) is 98.8 Å². The number of hydrogen-bond acceptors (Lipinski definition) is 5. The summed E-state index contributed by atoms with van der Waals surface area (Å²) in [7, 11) is 0. The van der Waals surface area contributed by atoms with Crippen LogP contribution in [-0.4, -0.2) is 19.9 Å². The predicted molar refractivity (Wildman–Crippen MR) is 194 cm³/mol. The third kappa shape index (κ3) is 3.91. The van der Waals surface area contributed by atoms with E-state index in [4.69, 9.17) is 24.4 Å². The smallest absolute Gasteiger partial charge is 0.182 e. The molecule has 5 heteroatoms. The average molecular weight is 617 g/mol. The van der Waals surface area contributed by atoms with Gasteiger partial charge in [0.2, 0.25) is 0 Å². The van der Waals surface area contributed by atoms with Gasteiger partial charge in [0.1, 0.15) is 16.9 Å². The first kappa shape index (κ1) is 27.0. The minimum Gasteiger partial charge on any atom is -0.456 e. The van der Waals surface area contributed by atoms with Crippen LogP contribution in [0.3, 0.4) is 0 Å². The Morgan fingerprint density at radius 1 is 0.458 bits per heavy atom. The molecule has 0 atom stereocenters. The molecule has 3 heterocycles. The van der Waals surface area contributed by atoms with Crippen LogP contribution in [0.25, 0.3) is 88.9 Å². The summed E-state index contributed by atoms with van der Waals surface area (Å²) in [5, 5.41) is 6.86. The molecule has 5 nitrogen and oxygen atoms in total. The molecule has 0 bridgehead atoms. The predicted octanol–water partition coefficient (Wildman–Crippen LogP) is 10.8. The van der Waals surface area contributed by atoms with Gasteiger partial charge in [-0.15, -0.1) is 0 Å². The van der Waals surface area contributed by atoms with Crippen molar-refractivity contribution in [1.82, 2.24) is 19.9 Å².